The molecule has 1 atom stereocenters. The number of carbonyl (C=O) groups excluding carboxylic acids is 3. The number of imide groups is 1. The first-order valence-electron chi connectivity index (χ1n) is 6.79. The first-order chi connectivity index (χ1) is 10.4. The lowest BCUT2D eigenvalue weighted by molar-refractivity contribution is -0.130. The predicted molar refractivity (Wildman–Crippen MR) is 84.0 cm³/mol. The molecule has 1 aromatic rings. The summed E-state index contributed by atoms with van der Waals surface area (Å²) in [6, 6.07) is 3.53. The van der Waals surface area contributed by atoms with Crippen LogP contribution in [0.5, 0.6) is 0 Å². The maximum atomic E-state index is 12.0. The minimum Gasteiger partial charge on any atom is -0.326 e. The van der Waals surface area contributed by atoms with Crippen molar-refractivity contribution >= 4 is 46.7 Å². The molecule has 0 radical (unpaired) electrons. The highest BCUT2D eigenvalue weighted by Crippen LogP contribution is 2.25. The Kier molecular flexibility index (Phi) is 5.26. The van der Waals surface area contributed by atoms with Gasteiger partial charge in [0.2, 0.25) is 5.91 Å². The Morgan fingerprint density at radius 1 is 1.32 bits per heavy atom. The zero-order valence-corrected chi connectivity index (χ0v) is 13.4. The van der Waals surface area contributed by atoms with Crippen LogP contribution in [-0.2, 0) is 9.59 Å². The summed E-state index contributed by atoms with van der Waals surface area (Å²) in [5.74, 6) is -0.866. The Hall–Kier alpha value is -1.79. The van der Waals surface area contributed by atoms with E-state index in [2.05, 4.69) is 10.6 Å². The standard InChI is InChI=1S/C14H15Cl2N3O3/c1-2-3-11-13(21)19(14(22)18-11)7-12(20)17-8-4-5-9(15)10(16)6-8/h4-6,11H,2-3,7H2,1H3,(H,17,20)(H,18,22)/t11-/m1/s1. The quantitative estimate of drug-likeness (QED) is 0.806. The highest BCUT2D eigenvalue weighted by molar-refractivity contribution is 6.42. The fourth-order valence-corrected chi connectivity index (χ4v) is 2.43. The molecule has 1 saturated heterocycles. The summed E-state index contributed by atoms with van der Waals surface area (Å²) in [5, 5.41) is 5.80. The lowest BCUT2D eigenvalue weighted by Gasteiger charge is -2.13. The molecule has 1 heterocycles. The van der Waals surface area contributed by atoms with Crippen LogP contribution in [0, 0.1) is 0 Å². The van der Waals surface area contributed by atoms with Crippen LogP contribution in [0.25, 0.3) is 0 Å². The van der Waals surface area contributed by atoms with Crippen LogP contribution < -0.4 is 10.6 Å². The van der Waals surface area contributed by atoms with Crippen molar-refractivity contribution < 1.29 is 14.4 Å². The number of halogens is 2. The largest absolute Gasteiger partial charge is 0.326 e. The van der Waals surface area contributed by atoms with E-state index in [9.17, 15) is 14.4 Å². The summed E-state index contributed by atoms with van der Waals surface area (Å²) in [6.07, 6.45) is 1.31. The molecule has 1 aliphatic rings. The highest BCUT2D eigenvalue weighted by Gasteiger charge is 2.38. The monoisotopic (exact) mass is 343 g/mol. The summed E-state index contributed by atoms with van der Waals surface area (Å²) >= 11 is 11.6. The number of carbonyl (C=O) groups is 3. The van der Waals surface area contributed by atoms with Gasteiger partial charge in [-0.2, -0.15) is 0 Å². The highest BCUT2D eigenvalue weighted by atomic mass is 35.5. The Balaban J connectivity index is 1.98. The Labute approximate surface area is 137 Å². The Morgan fingerprint density at radius 2 is 2.05 bits per heavy atom. The van der Waals surface area contributed by atoms with E-state index in [0.717, 1.165) is 11.3 Å². The van der Waals surface area contributed by atoms with Gasteiger partial charge in [-0.1, -0.05) is 36.5 Å². The molecule has 0 aromatic heterocycles. The third-order valence-electron chi connectivity index (χ3n) is 3.19. The van der Waals surface area contributed by atoms with Gasteiger partial charge in [-0.05, 0) is 24.6 Å². The number of amides is 4. The molecule has 2 N–H and O–H groups in total. The minimum atomic E-state index is -0.548. The molecule has 1 aromatic carbocycles. The van der Waals surface area contributed by atoms with Gasteiger partial charge in [-0.15, -0.1) is 0 Å². The molecule has 1 fully saturated rings. The fraction of sp³-hybridized carbons (Fsp3) is 0.357. The summed E-state index contributed by atoms with van der Waals surface area (Å²) in [7, 11) is 0. The normalized spacial score (nSPS) is 17.6. The first kappa shape index (κ1) is 16.6. The number of benzene rings is 1. The van der Waals surface area contributed by atoms with E-state index in [4.69, 9.17) is 23.2 Å². The van der Waals surface area contributed by atoms with E-state index in [0.29, 0.717) is 22.2 Å². The van der Waals surface area contributed by atoms with Gasteiger partial charge in [-0.3, -0.25) is 14.5 Å². The molecule has 8 heteroatoms. The SMILES string of the molecule is CCC[C@H]1NC(=O)N(CC(=O)Nc2ccc(Cl)c(Cl)c2)C1=O. The Bertz CT molecular complexity index is 621. The van der Waals surface area contributed by atoms with Crippen molar-refractivity contribution in [3.8, 4) is 0 Å². The van der Waals surface area contributed by atoms with Crippen LogP contribution >= 0.6 is 23.2 Å². The molecule has 0 aliphatic carbocycles. The zero-order chi connectivity index (χ0) is 16.3. The van der Waals surface area contributed by atoms with Crippen LogP contribution in [0.3, 0.4) is 0 Å². The fourth-order valence-electron chi connectivity index (χ4n) is 2.13. The van der Waals surface area contributed by atoms with Gasteiger partial charge in [-0.25, -0.2) is 4.79 Å². The van der Waals surface area contributed by atoms with E-state index < -0.39 is 18.0 Å². The molecule has 0 saturated carbocycles. The molecule has 0 spiro atoms. The second-order valence-electron chi connectivity index (χ2n) is 4.89. The van der Waals surface area contributed by atoms with E-state index in [1.807, 2.05) is 6.92 Å². The van der Waals surface area contributed by atoms with Gasteiger partial charge in [0, 0.05) is 5.69 Å². The maximum absolute atomic E-state index is 12.0. The van der Waals surface area contributed by atoms with Gasteiger partial charge in [0.25, 0.3) is 5.91 Å². The van der Waals surface area contributed by atoms with E-state index >= 15 is 0 Å². The van der Waals surface area contributed by atoms with Crippen LogP contribution in [0.2, 0.25) is 10.0 Å². The van der Waals surface area contributed by atoms with Crippen LogP contribution in [0.1, 0.15) is 19.8 Å². The lowest BCUT2D eigenvalue weighted by Crippen LogP contribution is -2.38. The second kappa shape index (κ2) is 6.98. The zero-order valence-electron chi connectivity index (χ0n) is 11.9. The van der Waals surface area contributed by atoms with Gasteiger partial charge < -0.3 is 10.6 Å². The van der Waals surface area contributed by atoms with Crippen LogP contribution in [0.15, 0.2) is 18.2 Å². The summed E-state index contributed by atoms with van der Waals surface area (Å²) in [6.45, 7) is 1.57. The summed E-state index contributed by atoms with van der Waals surface area (Å²) < 4.78 is 0. The number of urea groups is 1. The number of nitrogens with one attached hydrogen (secondary N) is 2. The van der Waals surface area contributed by atoms with E-state index in [-0.39, 0.29) is 12.5 Å². The number of hydrogen-bond acceptors (Lipinski definition) is 3. The predicted octanol–water partition coefficient (Wildman–Crippen LogP) is 2.65. The second-order valence-corrected chi connectivity index (χ2v) is 5.71. The molecular weight excluding hydrogens is 329 g/mol. The summed E-state index contributed by atoms with van der Waals surface area (Å²) in [4.78, 5) is 36.6. The molecule has 4 amide bonds. The topological polar surface area (TPSA) is 78.5 Å². The van der Waals surface area contributed by atoms with E-state index in [1.54, 1.807) is 12.1 Å². The smallest absolute Gasteiger partial charge is 0.325 e. The van der Waals surface area contributed by atoms with Crippen molar-refractivity contribution in [1.82, 2.24) is 10.2 Å². The number of rotatable bonds is 5. The number of anilines is 1. The van der Waals surface area contributed by atoms with Gasteiger partial charge in [0.1, 0.15) is 12.6 Å². The third-order valence-corrected chi connectivity index (χ3v) is 3.93. The molecule has 1 aliphatic heterocycles. The minimum absolute atomic E-state index is 0.303. The molecule has 0 bridgehead atoms. The average molecular weight is 344 g/mol. The number of hydrogen-bond donors (Lipinski definition) is 2. The van der Waals surface area contributed by atoms with Gasteiger partial charge in [0.15, 0.2) is 0 Å². The van der Waals surface area contributed by atoms with Crippen LogP contribution in [-0.4, -0.2) is 35.3 Å². The van der Waals surface area contributed by atoms with Crippen molar-refractivity contribution in [3.63, 3.8) is 0 Å². The van der Waals surface area contributed by atoms with Gasteiger partial charge >= 0.3 is 6.03 Å². The van der Waals surface area contributed by atoms with Crippen molar-refractivity contribution in [2.75, 3.05) is 11.9 Å². The molecule has 118 valence electrons. The van der Waals surface area contributed by atoms with Gasteiger partial charge in [0.05, 0.1) is 10.0 Å². The maximum Gasteiger partial charge on any atom is 0.325 e. The van der Waals surface area contributed by atoms with E-state index in [1.165, 1.54) is 6.07 Å². The third kappa shape index (κ3) is 3.69. The van der Waals surface area contributed by atoms with Crippen molar-refractivity contribution in [1.29, 1.82) is 0 Å². The lowest BCUT2D eigenvalue weighted by atomic mass is 10.2. The Morgan fingerprint density at radius 3 is 2.68 bits per heavy atom. The molecule has 2 rings (SSSR count). The average Bonchev–Trinajstić information content (AvgIpc) is 2.71. The molecule has 6 nitrogen and oxygen atoms in total. The van der Waals surface area contributed by atoms with Crippen molar-refractivity contribution in [2.45, 2.75) is 25.8 Å². The van der Waals surface area contributed by atoms with Crippen LogP contribution in [0.4, 0.5) is 10.5 Å². The molecule has 22 heavy (non-hydrogen) atoms. The molecular formula is C14H15Cl2N3O3. The first-order valence-corrected chi connectivity index (χ1v) is 7.54. The summed E-state index contributed by atoms with van der Waals surface area (Å²) in [5.41, 5.74) is 0.441. The van der Waals surface area contributed by atoms with Crippen molar-refractivity contribution in [3.05, 3.63) is 28.2 Å². The van der Waals surface area contributed by atoms with Crippen molar-refractivity contribution in [2.24, 2.45) is 0 Å². The molecule has 0 unspecified atom stereocenters. The number of nitrogens with zero attached hydrogens (tertiary/aromatic N) is 1.